The predicted octanol–water partition coefficient (Wildman–Crippen LogP) is 3.35. The highest BCUT2D eigenvalue weighted by Crippen LogP contribution is 2.30. The number of hydrogen-bond donors (Lipinski definition) is 0. The molecule has 0 saturated carbocycles. The van der Waals surface area contributed by atoms with E-state index in [1.807, 2.05) is 41.8 Å². The van der Waals surface area contributed by atoms with Crippen LogP contribution in [0.2, 0.25) is 0 Å². The molecule has 0 aliphatic rings. The van der Waals surface area contributed by atoms with Crippen LogP contribution in [0.4, 0.5) is 0 Å². The van der Waals surface area contributed by atoms with E-state index >= 15 is 0 Å². The van der Waals surface area contributed by atoms with Gasteiger partial charge in [-0.15, -0.1) is 11.3 Å². The van der Waals surface area contributed by atoms with Gasteiger partial charge in [-0.25, -0.2) is 4.98 Å². The third-order valence-electron chi connectivity index (χ3n) is 3.90. The van der Waals surface area contributed by atoms with Gasteiger partial charge in [-0.1, -0.05) is 44.2 Å². The van der Waals surface area contributed by atoms with Crippen LogP contribution >= 0.6 is 11.3 Å². The largest absolute Gasteiger partial charge is 0.457 e. The van der Waals surface area contributed by atoms with Crippen LogP contribution in [0.3, 0.4) is 0 Å². The molecule has 0 bridgehead atoms. The molecule has 132 valence electrons. The minimum Gasteiger partial charge on any atom is -0.457 e. The Balaban J connectivity index is 2.11. The second-order valence-electron chi connectivity index (χ2n) is 6.04. The Hall–Kier alpha value is -2.98. The molecule has 3 rings (SSSR count). The molecule has 6 nitrogen and oxygen atoms in total. The second kappa shape index (κ2) is 7.50. The molecule has 0 aliphatic heterocycles. The Labute approximate surface area is 154 Å². The zero-order chi connectivity index (χ0) is 18.7. The van der Waals surface area contributed by atoms with Crippen molar-refractivity contribution < 1.29 is 9.53 Å². The standard InChI is InChI=1S/C19H17N3O3S/c1-12(2)19(24)25-10-15-21-17-16(18(23)22(15)9-8-20)14(11-26-17)13-6-4-3-5-7-13/h3-7,11-12H,9-10H2,1-2H3. The van der Waals surface area contributed by atoms with Gasteiger partial charge >= 0.3 is 5.97 Å². The zero-order valence-electron chi connectivity index (χ0n) is 14.4. The highest BCUT2D eigenvalue weighted by atomic mass is 32.1. The van der Waals surface area contributed by atoms with Crippen molar-refractivity contribution in [2.45, 2.75) is 27.0 Å². The number of nitriles is 1. The first-order valence-electron chi connectivity index (χ1n) is 8.12. The molecule has 0 fully saturated rings. The normalized spacial score (nSPS) is 10.8. The molecule has 0 N–H and O–H groups in total. The van der Waals surface area contributed by atoms with E-state index in [1.54, 1.807) is 13.8 Å². The van der Waals surface area contributed by atoms with Gasteiger partial charge in [-0.2, -0.15) is 5.26 Å². The third kappa shape index (κ3) is 3.37. The van der Waals surface area contributed by atoms with E-state index in [1.165, 1.54) is 15.9 Å². The number of aromatic nitrogens is 2. The monoisotopic (exact) mass is 367 g/mol. The summed E-state index contributed by atoms with van der Waals surface area (Å²) in [4.78, 5) is 29.8. The summed E-state index contributed by atoms with van der Waals surface area (Å²) in [6.07, 6.45) is 0. The van der Waals surface area contributed by atoms with E-state index in [-0.39, 0.29) is 36.4 Å². The Bertz CT molecular complexity index is 1050. The fourth-order valence-electron chi connectivity index (χ4n) is 2.54. The van der Waals surface area contributed by atoms with Gasteiger partial charge in [-0.3, -0.25) is 14.2 Å². The minimum absolute atomic E-state index is 0.136. The number of hydrogen-bond acceptors (Lipinski definition) is 6. The molecule has 0 radical (unpaired) electrons. The van der Waals surface area contributed by atoms with Gasteiger partial charge in [0.05, 0.1) is 17.4 Å². The van der Waals surface area contributed by atoms with Gasteiger partial charge in [-0.05, 0) is 5.56 Å². The first kappa shape index (κ1) is 17.8. The molecular formula is C19H17N3O3S. The van der Waals surface area contributed by atoms with Crippen LogP contribution in [0.1, 0.15) is 19.7 Å². The summed E-state index contributed by atoms with van der Waals surface area (Å²) in [5, 5.41) is 11.5. The number of fused-ring (bicyclic) bond motifs is 1. The molecule has 0 unspecified atom stereocenters. The van der Waals surface area contributed by atoms with Crippen molar-refractivity contribution >= 4 is 27.5 Å². The molecule has 2 heterocycles. The summed E-state index contributed by atoms with van der Waals surface area (Å²) in [5.41, 5.74) is 1.41. The van der Waals surface area contributed by atoms with Crippen molar-refractivity contribution in [3.8, 4) is 17.2 Å². The summed E-state index contributed by atoms with van der Waals surface area (Å²) >= 11 is 1.36. The Morgan fingerprint density at radius 1 is 1.35 bits per heavy atom. The highest BCUT2D eigenvalue weighted by molar-refractivity contribution is 7.17. The number of rotatable bonds is 5. The van der Waals surface area contributed by atoms with Crippen LogP contribution in [-0.4, -0.2) is 15.5 Å². The zero-order valence-corrected chi connectivity index (χ0v) is 15.2. The van der Waals surface area contributed by atoms with Crippen molar-refractivity contribution in [2.24, 2.45) is 5.92 Å². The second-order valence-corrected chi connectivity index (χ2v) is 6.89. The minimum atomic E-state index is -0.376. The van der Waals surface area contributed by atoms with E-state index in [4.69, 9.17) is 10.00 Å². The SMILES string of the molecule is CC(C)C(=O)OCc1nc2scc(-c3ccccc3)c2c(=O)n1CC#N. The van der Waals surface area contributed by atoms with Crippen molar-refractivity contribution in [3.05, 3.63) is 51.9 Å². The number of carbonyl (C=O) groups is 1. The molecule has 0 spiro atoms. The smallest absolute Gasteiger partial charge is 0.308 e. The van der Waals surface area contributed by atoms with E-state index < -0.39 is 0 Å². The maximum Gasteiger partial charge on any atom is 0.308 e. The highest BCUT2D eigenvalue weighted by Gasteiger charge is 2.18. The number of ether oxygens (including phenoxy) is 1. The average Bonchev–Trinajstić information content (AvgIpc) is 3.07. The van der Waals surface area contributed by atoms with E-state index in [9.17, 15) is 9.59 Å². The Kier molecular flexibility index (Phi) is 5.14. The Morgan fingerprint density at radius 2 is 2.08 bits per heavy atom. The number of thiophene rings is 1. The summed E-state index contributed by atoms with van der Waals surface area (Å²) in [6.45, 7) is 3.17. The van der Waals surface area contributed by atoms with Gasteiger partial charge in [0.2, 0.25) is 0 Å². The predicted molar refractivity (Wildman–Crippen MR) is 99.6 cm³/mol. The van der Waals surface area contributed by atoms with Crippen molar-refractivity contribution in [1.29, 1.82) is 5.26 Å². The maximum atomic E-state index is 13.0. The summed E-state index contributed by atoms with van der Waals surface area (Å²) < 4.78 is 6.48. The first-order valence-corrected chi connectivity index (χ1v) is 9.00. The summed E-state index contributed by atoms with van der Waals surface area (Å²) in [7, 11) is 0. The van der Waals surface area contributed by atoms with Crippen LogP contribution in [-0.2, 0) is 22.7 Å². The van der Waals surface area contributed by atoms with Gasteiger partial charge in [0.15, 0.2) is 5.82 Å². The number of esters is 1. The van der Waals surface area contributed by atoms with E-state index in [0.717, 1.165) is 11.1 Å². The molecule has 7 heteroatoms. The van der Waals surface area contributed by atoms with Crippen molar-refractivity contribution in [3.63, 3.8) is 0 Å². The molecule has 1 aromatic carbocycles. The number of nitrogens with zero attached hydrogens (tertiary/aromatic N) is 3. The first-order chi connectivity index (χ1) is 12.5. The third-order valence-corrected chi connectivity index (χ3v) is 4.77. The summed E-state index contributed by atoms with van der Waals surface area (Å²) in [5.74, 6) is -0.375. The lowest BCUT2D eigenvalue weighted by molar-refractivity contribution is -0.149. The van der Waals surface area contributed by atoms with Gasteiger partial charge in [0, 0.05) is 10.9 Å². The van der Waals surface area contributed by atoms with Gasteiger partial charge in [0.25, 0.3) is 5.56 Å². The summed E-state index contributed by atoms with van der Waals surface area (Å²) in [6, 6.07) is 11.5. The van der Waals surface area contributed by atoms with Crippen LogP contribution < -0.4 is 5.56 Å². The Morgan fingerprint density at radius 3 is 2.73 bits per heavy atom. The molecule has 26 heavy (non-hydrogen) atoms. The van der Waals surface area contributed by atoms with Crippen molar-refractivity contribution in [2.75, 3.05) is 0 Å². The lowest BCUT2D eigenvalue weighted by Crippen LogP contribution is -2.26. The van der Waals surface area contributed by atoms with Crippen LogP contribution in [0.5, 0.6) is 0 Å². The fourth-order valence-corrected chi connectivity index (χ4v) is 3.50. The maximum absolute atomic E-state index is 13.0. The lowest BCUT2D eigenvalue weighted by atomic mass is 10.1. The van der Waals surface area contributed by atoms with Crippen molar-refractivity contribution in [1.82, 2.24) is 9.55 Å². The lowest BCUT2D eigenvalue weighted by Gasteiger charge is -2.11. The molecule has 0 atom stereocenters. The molecule has 0 aliphatic carbocycles. The topological polar surface area (TPSA) is 85.0 Å². The molecule has 3 aromatic rings. The van der Waals surface area contributed by atoms with Gasteiger partial charge in [0.1, 0.15) is 18.0 Å². The quantitative estimate of drug-likeness (QED) is 0.646. The van der Waals surface area contributed by atoms with E-state index in [0.29, 0.717) is 10.2 Å². The molecule has 0 amide bonds. The van der Waals surface area contributed by atoms with Crippen LogP contribution in [0.25, 0.3) is 21.3 Å². The van der Waals surface area contributed by atoms with Crippen LogP contribution in [0.15, 0.2) is 40.5 Å². The average molecular weight is 367 g/mol. The van der Waals surface area contributed by atoms with Crippen LogP contribution in [0, 0.1) is 17.2 Å². The van der Waals surface area contributed by atoms with Gasteiger partial charge < -0.3 is 4.74 Å². The van der Waals surface area contributed by atoms with E-state index in [2.05, 4.69) is 4.98 Å². The number of carbonyl (C=O) groups excluding carboxylic acids is 1. The molecule has 2 aromatic heterocycles. The molecular weight excluding hydrogens is 350 g/mol. The number of benzene rings is 1. The fraction of sp³-hybridized carbons (Fsp3) is 0.263. The molecule has 0 saturated heterocycles.